The van der Waals surface area contributed by atoms with Crippen LogP contribution in [-0.4, -0.2) is 248 Å². The number of fused-ring (bicyclic) bond motifs is 2. The van der Waals surface area contributed by atoms with E-state index in [1.165, 1.54) is 45.0 Å². The number of carbonyl (C=O) groups is 16. The van der Waals surface area contributed by atoms with Gasteiger partial charge in [-0.25, -0.2) is 19.7 Å². The second kappa shape index (κ2) is 48.6. The monoisotopic (exact) mass is 2100 g/mol. The largest absolute Gasteiger partial charge is 0.485 e. The van der Waals surface area contributed by atoms with Gasteiger partial charge in [0.2, 0.25) is 41.4 Å². The van der Waals surface area contributed by atoms with Crippen molar-refractivity contribution in [3.63, 3.8) is 0 Å². The van der Waals surface area contributed by atoms with Crippen LogP contribution in [0.2, 0.25) is 0 Å². The molecular weight excluding hydrogens is 1960 g/mol. The quantitative estimate of drug-likeness (QED) is 0.0224. The van der Waals surface area contributed by atoms with Crippen molar-refractivity contribution in [1.29, 1.82) is 0 Å². The number of amides is 11. The van der Waals surface area contributed by atoms with Gasteiger partial charge in [-0.05, 0) is 159 Å². The van der Waals surface area contributed by atoms with Crippen LogP contribution in [0.4, 0.5) is 0 Å². The Labute approximate surface area is 882 Å². The van der Waals surface area contributed by atoms with E-state index in [0.29, 0.717) is 57.9 Å². The maximum absolute atomic E-state index is 13.6. The first-order chi connectivity index (χ1) is 69.6. The maximum Gasteiger partial charge on any atom is 0.341 e. The molecule has 5 aromatic carbocycles. The van der Waals surface area contributed by atoms with Gasteiger partial charge in [-0.2, -0.15) is 0 Å². The van der Waals surface area contributed by atoms with Gasteiger partial charge in [0.1, 0.15) is 30.2 Å². The Morgan fingerprint density at radius 2 is 0.785 bits per heavy atom. The van der Waals surface area contributed by atoms with Crippen LogP contribution >= 0.6 is 34.0 Å². The van der Waals surface area contributed by atoms with Crippen LogP contribution in [0.1, 0.15) is 270 Å². The number of thiazole rings is 3. The summed E-state index contributed by atoms with van der Waals surface area (Å²) in [5.74, 6) is -6.83. The van der Waals surface area contributed by atoms with Gasteiger partial charge in [-0.15, -0.1) is 34.0 Å². The van der Waals surface area contributed by atoms with E-state index in [2.05, 4.69) is 128 Å². The number of aryl methyl sites for hydroxylation is 6. The smallest absolute Gasteiger partial charge is 0.341 e. The lowest BCUT2D eigenvalue weighted by Gasteiger charge is -2.38. The van der Waals surface area contributed by atoms with Gasteiger partial charge in [-0.1, -0.05) is 189 Å². The second-order valence-electron chi connectivity index (χ2n) is 45.4. The molecule has 10 heterocycles. The molecule has 0 bridgehead atoms. The number of β-amino-alcohol motifs (C(OH)–C–C–N with tert-alkyl or cyclic N) is 2. The lowest BCUT2D eigenvalue weighted by molar-refractivity contribution is -0.145. The van der Waals surface area contributed by atoms with Gasteiger partial charge in [0.05, 0.1) is 125 Å². The van der Waals surface area contributed by atoms with Gasteiger partial charge in [0.15, 0.2) is 29.7 Å². The van der Waals surface area contributed by atoms with Crippen molar-refractivity contribution in [3.8, 4) is 42.8 Å². The first-order valence-corrected chi connectivity index (χ1v) is 53.0. The number of hydrogen-bond donors (Lipinski definition) is 7. The van der Waals surface area contributed by atoms with Crippen LogP contribution in [-0.2, 0) is 81.5 Å². The van der Waals surface area contributed by atoms with E-state index in [1.54, 1.807) is 70.6 Å². The zero-order valence-corrected chi connectivity index (χ0v) is 91.4. The van der Waals surface area contributed by atoms with Gasteiger partial charge in [0.25, 0.3) is 23.6 Å². The number of carboxylic acids is 1. The summed E-state index contributed by atoms with van der Waals surface area (Å²) in [6, 6.07) is 28.4. The number of hydrogen-bond acceptors (Lipinski definition) is 29. The molecule has 0 radical (unpaired) electrons. The van der Waals surface area contributed by atoms with E-state index in [9.17, 15) is 86.9 Å². The average Bonchev–Trinajstić information content (AvgIpc) is 1.60. The summed E-state index contributed by atoms with van der Waals surface area (Å²) < 4.78 is 16.7. The van der Waals surface area contributed by atoms with E-state index in [1.807, 2.05) is 112 Å². The fraction of sp³-hybridized carbons (Fsp3) is 0.509. The molecule has 9 N–H and O–H groups in total. The molecule has 8 aromatic rings. The number of piperidine rings is 2. The standard InChI is InChI=1S/C28H40N2O3S.C27H39N3O3S.C23H31N3O3S.C19H20N2O6.C15H12N2O7/c1-18-25(34-17-29-18)20-11-8-19(9-12-20)10-13-24(32)23-14-21(31)16-30(23)26(33)22(28(5,6)7)15-27(2,3)4;1-17-23(34-16-29-17)19-11-8-18(9-12-19)10-13-22(31)21-14-20(33-27(5,6)7)15-30(21)25(32)24(28)26(2,3)4;1-14-20(30-13-25-14)16-8-5-15(6-9-16)7-10-19(28)18-11-17(27)12-26(18)22(29)21(24)23(2,3)4;1-19(2,3)13(22)9-27-12-6-4-5-10-15(12)18(26)21(17(10)25)11-7-8-14(23)20-16(11)24;18-10-5-4-8(13(21)16-10)17-14(22)7-2-1-3-9(12(7)15(17)23)24-6-11(19)20/h8-9,11-12,17,21-23,31H,10,13-16H2,1-7H3;8-9,11-12,16,20-21,24H,10,13-15,28H2,1-7H3;5-6,8-9,13,17-18,21,27H,7,10-12,24H2,1-4H3;4-6,11H,7-9H2,1-3H3,(H,20,23,24);1-3,8H,4-6H2,(H,19,20)(H,16,18,21)/t21-,22-,23+;20-,21+,24-;17-,18+,21-;;/m000../s1. The van der Waals surface area contributed by atoms with Crippen molar-refractivity contribution in [2.45, 2.75) is 301 Å². The number of carboxylic acid groups (broad SMARTS) is 1. The van der Waals surface area contributed by atoms with Gasteiger partial charge in [-0.3, -0.25) is 92.4 Å². The highest BCUT2D eigenvalue weighted by atomic mass is 32.1. The summed E-state index contributed by atoms with van der Waals surface area (Å²) in [7, 11) is 0. The zero-order valence-electron chi connectivity index (χ0n) is 89.0. The molecule has 149 heavy (non-hydrogen) atoms. The van der Waals surface area contributed by atoms with E-state index in [4.69, 9.17) is 30.8 Å². The number of nitrogens with two attached hydrogens (primary N) is 2. The highest BCUT2D eigenvalue weighted by Crippen LogP contribution is 2.43. The number of rotatable bonds is 28. The molecule has 11 amide bonds. The van der Waals surface area contributed by atoms with Crippen LogP contribution in [0.15, 0.2) is 126 Å². The Balaban J connectivity index is 0.000000178. The third-order valence-corrected chi connectivity index (χ3v) is 30.1. The molecule has 7 aliphatic heterocycles. The Hall–Kier alpha value is -12.5. The van der Waals surface area contributed by atoms with Crippen molar-refractivity contribution in [2.75, 3.05) is 32.8 Å². The minimum Gasteiger partial charge on any atom is -0.485 e. The van der Waals surface area contributed by atoms with Crippen molar-refractivity contribution < 1.29 is 106 Å². The molecule has 0 aliphatic carbocycles. The number of Topliss-reactive ketones (excluding diaryl/α,β-unsaturated/α-hetero) is 4. The Bertz CT molecular complexity index is 6300. The summed E-state index contributed by atoms with van der Waals surface area (Å²) >= 11 is 4.87. The summed E-state index contributed by atoms with van der Waals surface area (Å²) in [5, 5.41) is 33.4. The first-order valence-electron chi connectivity index (χ1n) is 50.3. The summed E-state index contributed by atoms with van der Waals surface area (Å²) in [5.41, 5.74) is 25.8. The van der Waals surface area contributed by atoms with Crippen LogP contribution in [0.25, 0.3) is 31.3 Å². The van der Waals surface area contributed by atoms with Crippen LogP contribution in [0.3, 0.4) is 0 Å². The van der Waals surface area contributed by atoms with Gasteiger partial charge in [0, 0.05) is 82.3 Å². The molecule has 15 rings (SSSR count). The van der Waals surface area contributed by atoms with Crippen LogP contribution in [0.5, 0.6) is 11.5 Å². The van der Waals surface area contributed by atoms with Crippen molar-refractivity contribution >= 4 is 128 Å². The molecule has 34 nitrogen and oxygen atoms in total. The van der Waals surface area contributed by atoms with Gasteiger partial charge < -0.3 is 55.7 Å². The summed E-state index contributed by atoms with van der Waals surface area (Å²) in [6.45, 7) is 41.4. The minimum absolute atomic E-state index is 0.00149. The molecule has 0 spiro atoms. The molecular formula is C112H142N12O22S3. The molecule has 37 heteroatoms. The highest BCUT2D eigenvalue weighted by Gasteiger charge is 2.52. The number of nitrogens with zero attached hydrogens (tertiary/aromatic N) is 8. The fourth-order valence-corrected chi connectivity index (χ4v) is 21.0. The van der Waals surface area contributed by atoms with Crippen LogP contribution < -0.4 is 31.6 Å². The third kappa shape index (κ3) is 29.8. The van der Waals surface area contributed by atoms with E-state index in [0.717, 1.165) is 71.6 Å². The Morgan fingerprint density at radius 1 is 0.443 bits per heavy atom. The first kappa shape index (κ1) is 117. The summed E-state index contributed by atoms with van der Waals surface area (Å²) in [4.78, 5) is 222. The number of nitrogens with one attached hydrogen (secondary N) is 2. The number of likely N-dealkylation sites (tertiary alicyclic amines) is 3. The normalized spacial score (nSPS) is 20.0. The number of aliphatic hydroxyl groups is 2. The predicted molar refractivity (Wildman–Crippen MR) is 565 cm³/mol. The number of aliphatic carboxylic acids is 1. The molecule has 3 aromatic heterocycles. The third-order valence-electron chi connectivity index (χ3n) is 27.1. The van der Waals surface area contributed by atoms with E-state index < -0.39 is 125 Å². The molecule has 0 saturated carbocycles. The van der Waals surface area contributed by atoms with E-state index >= 15 is 0 Å². The van der Waals surface area contributed by atoms with Crippen molar-refractivity contribution in [1.82, 2.24) is 50.1 Å². The summed E-state index contributed by atoms with van der Waals surface area (Å²) in [6.07, 6.45) is 3.48. The second-order valence-corrected chi connectivity index (χ2v) is 48.0. The maximum atomic E-state index is 13.6. The van der Waals surface area contributed by atoms with Gasteiger partial charge >= 0.3 is 5.97 Å². The molecule has 11 atom stereocenters. The van der Waals surface area contributed by atoms with Crippen molar-refractivity contribution in [2.24, 2.45) is 44.5 Å². The zero-order chi connectivity index (χ0) is 110. The number of carbonyl (C=O) groups excluding carboxylic acids is 15. The fourth-order valence-electron chi connectivity index (χ4n) is 18.5. The molecule has 800 valence electrons. The lowest BCUT2D eigenvalue weighted by atomic mass is 9.71. The molecule has 5 saturated heterocycles. The Kier molecular flexibility index (Phi) is 38.1. The molecule has 5 fully saturated rings. The predicted octanol–water partition coefficient (Wildman–Crippen LogP) is 14.0. The number of aliphatic hydroxyl groups excluding tert-OH is 2. The number of benzene rings is 5. The average molecular weight is 2100 g/mol. The number of ether oxygens (including phenoxy) is 3. The highest BCUT2D eigenvalue weighted by molar-refractivity contribution is 7.14. The molecule has 2 unspecified atom stereocenters. The molecule has 7 aliphatic rings. The van der Waals surface area contributed by atoms with Crippen molar-refractivity contribution in [3.05, 3.63) is 182 Å². The van der Waals surface area contributed by atoms with E-state index in [-0.39, 0.29) is 160 Å². The Morgan fingerprint density at radius 3 is 1.09 bits per heavy atom. The minimum atomic E-state index is -1.23. The topological polar surface area (TPSA) is 492 Å². The van der Waals surface area contributed by atoms with Crippen LogP contribution in [0, 0.1) is 53.8 Å². The lowest BCUT2D eigenvalue weighted by Crippen LogP contribution is -2.54. The number of imide groups is 4. The number of ketones is 4. The SMILES string of the molecule is CC(C)(C)C(=O)COc1cccc2c1C(=O)N(C1CCC(=O)NC1=O)C2=O.Cc1ncsc1-c1ccc(CCC(=O)[C@H]2C[C@H](O)CN2C(=O)[C@H](CC(C)(C)C)C(C)(C)C)cc1.Cc1ncsc1-c1ccc(CCC(=O)[C@H]2C[C@H](O)CN2C(=O)[C@H](N)C(C)(C)C)cc1.Cc1ncsc1-c1ccc(CCC(=O)[C@H]2C[C@H](OC(C)(C)C)CN2C(=O)[C@H](N)C(C)(C)C)cc1.O=C(O)COc1cccc2c1C(=O)N(C1CCC(=O)NC1=O)C2=O. The number of aromatic nitrogens is 3.